The number of nitrogens with zero attached hydrogens (tertiary/aromatic N) is 3. The third-order valence-electron chi connectivity index (χ3n) is 3.99. The number of aliphatic hydroxyl groups excluding tert-OH is 1. The van der Waals surface area contributed by atoms with Crippen LogP contribution in [0.1, 0.15) is 43.4 Å². The highest BCUT2D eigenvalue weighted by Crippen LogP contribution is 2.24. The third kappa shape index (κ3) is 2.24. The highest BCUT2D eigenvalue weighted by Gasteiger charge is 2.21. The lowest BCUT2D eigenvalue weighted by molar-refractivity contribution is 0.0754. The van der Waals surface area contributed by atoms with Crippen LogP contribution in [0.15, 0.2) is 6.20 Å². The summed E-state index contributed by atoms with van der Waals surface area (Å²) in [6.07, 6.45) is 8.27. The molecule has 1 fully saturated rings. The quantitative estimate of drug-likeness (QED) is 0.860. The van der Waals surface area contributed by atoms with Gasteiger partial charge in [-0.3, -0.25) is 0 Å². The van der Waals surface area contributed by atoms with Gasteiger partial charge in [-0.25, -0.2) is 4.98 Å². The van der Waals surface area contributed by atoms with Gasteiger partial charge >= 0.3 is 0 Å². The van der Waals surface area contributed by atoms with Crippen LogP contribution in [0.25, 0.3) is 0 Å². The van der Waals surface area contributed by atoms with Gasteiger partial charge in [0.2, 0.25) is 0 Å². The van der Waals surface area contributed by atoms with Crippen LogP contribution in [0.3, 0.4) is 0 Å². The molecule has 0 spiro atoms. The Morgan fingerprint density at radius 3 is 2.94 bits per heavy atom. The minimum absolute atomic E-state index is 0.338. The van der Waals surface area contributed by atoms with Gasteiger partial charge in [-0.2, -0.15) is 0 Å². The van der Waals surface area contributed by atoms with E-state index in [1.165, 1.54) is 31.6 Å². The molecular formula is C13H21N3O. The molecule has 0 amide bonds. The maximum absolute atomic E-state index is 10.0. The summed E-state index contributed by atoms with van der Waals surface area (Å²) in [6, 6.07) is 0. The number of aryl methyl sites for hydroxylation is 1. The summed E-state index contributed by atoms with van der Waals surface area (Å²) < 4.78 is 2.06. The molecule has 2 aliphatic rings. The molecule has 0 aromatic carbocycles. The van der Waals surface area contributed by atoms with Crippen molar-refractivity contribution >= 4 is 0 Å². The van der Waals surface area contributed by atoms with Gasteiger partial charge in [0.25, 0.3) is 0 Å². The molecule has 1 aromatic heterocycles. The standard InChI is InChI=1S/C13H21N3O/c17-13-5-3-4-11-10-14-12(16(11)13)6-9-15-7-1-2-8-15/h10,13,17H,1-9H2. The van der Waals surface area contributed by atoms with Crippen LogP contribution >= 0.6 is 0 Å². The zero-order valence-corrected chi connectivity index (χ0v) is 10.3. The van der Waals surface area contributed by atoms with Gasteiger partial charge in [-0.05, 0) is 45.2 Å². The van der Waals surface area contributed by atoms with Crippen LogP contribution < -0.4 is 0 Å². The molecule has 0 aliphatic carbocycles. The van der Waals surface area contributed by atoms with Crippen molar-refractivity contribution in [3.8, 4) is 0 Å². The zero-order chi connectivity index (χ0) is 11.7. The first kappa shape index (κ1) is 11.2. The topological polar surface area (TPSA) is 41.3 Å². The van der Waals surface area contributed by atoms with Gasteiger partial charge in [0, 0.05) is 24.9 Å². The number of hydrogen-bond acceptors (Lipinski definition) is 3. The molecule has 2 aliphatic heterocycles. The molecule has 1 unspecified atom stereocenters. The predicted molar refractivity (Wildman–Crippen MR) is 65.8 cm³/mol. The van der Waals surface area contributed by atoms with Crippen molar-refractivity contribution in [3.63, 3.8) is 0 Å². The number of aromatic nitrogens is 2. The first-order valence-electron chi connectivity index (χ1n) is 6.80. The van der Waals surface area contributed by atoms with E-state index in [4.69, 9.17) is 0 Å². The minimum Gasteiger partial charge on any atom is -0.373 e. The van der Waals surface area contributed by atoms with Gasteiger partial charge in [-0.1, -0.05) is 0 Å². The predicted octanol–water partition coefficient (Wildman–Crippen LogP) is 1.35. The molecule has 0 saturated carbocycles. The number of likely N-dealkylation sites (tertiary alicyclic amines) is 1. The highest BCUT2D eigenvalue weighted by atomic mass is 16.3. The Bertz CT molecular complexity index is 382. The average molecular weight is 235 g/mol. The average Bonchev–Trinajstić information content (AvgIpc) is 2.95. The fraction of sp³-hybridized carbons (Fsp3) is 0.769. The second-order valence-electron chi connectivity index (χ2n) is 5.21. The Morgan fingerprint density at radius 2 is 2.12 bits per heavy atom. The van der Waals surface area contributed by atoms with Gasteiger partial charge in [-0.15, -0.1) is 0 Å². The first-order chi connectivity index (χ1) is 8.34. The second-order valence-corrected chi connectivity index (χ2v) is 5.21. The van der Waals surface area contributed by atoms with Gasteiger partial charge in [0.15, 0.2) is 0 Å². The maximum Gasteiger partial charge on any atom is 0.132 e. The summed E-state index contributed by atoms with van der Waals surface area (Å²) in [5.74, 6) is 1.07. The summed E-state index contributed by atoms with van der Waals surface area (Å²) >= 11 is 0. The third-order valence-corrected chi connectivity index (χ3v) is 3.99. The van der Waals surface area contributed by atoms with E-state index in [1.807, 2.05) is 6.20 Å². The van der Waals surface area contributed by atoms with Crippen molar-refractivity contribution in [1.29, 1.82) is 0 Å². The van der Waals surface area contributed by atoms with Crippen LogP contribution in [0.4, 0.5) is 0 Å². The van der Waals surface area contributed by atoms with Crippen LogP contribution in [-0.4, -0.2) is 39.2 Å². The van der Waals surface area contributed by atoms with E-state index in [9.17, 15) is 5.11 Å². The Labute approximate surface area is 102 Å². The lowest BCUT2D eigenvalue weighted by Gasteiger charge is -2.23. The lowest BCUT2D eigenvalue weighted by atomic mass is 10.1. The van der Waals surface area contributed by atoms with Crippen LogP contribution in [0.2, 0.25) is 0 Å². The van der Waals surface area contributed by atoms with E-state index in [0.29, 0.717) is 0 Å². The van der Waals surface area contributed by atoms with Gasteiger partial charge in [0.1, 0.15) is 12.1 Å². The number of imidazole rings is 1. The number of hydrogen-bond donors (Lipinski definition) is 1. The Kier molecular flexibility index (Phi) is 3.16. The lowest BCUT2D eigenvalue weighted by Crippen LogP contribution is -2.25. The summed E-state index contributed by atoms with van der Waals surface area (Å²) in [6.45, 7) is 3.55. The summed E-state index contributed by atoms with van der Waals surface area (Å²) in [5.41, 5.74) is 1.21. The summed E-state index contributed by atoms with van der Waals surface area (Å²) in [4.78, 5) is 6.98. The molecule has 0 radical (unpaired) electrons. The van der Waals surface area contributed by atoms with Crippen molar-refractivity contribution in [2.75, 3.05) is 19.6 Å². The molecule has 0 bridgehead atoms. The van der Waals surface area contributed by atoms with Gasteiger partial charge in [0.05, 0.1) is 0 Å². The Morgan fingerprint density at radius 1 is 1.29 bits per heavy atom. The monoisotopic (exact) mass is 235 g/mol. The molecule has 1 aromatic rings. The number of aliphatic hydroxyl groups is 1. The number of fused-ring (bicyclic) bond motifs is 1. The zero-order valence-electron chi connectivity index (χ0n) is 10.3. The molecule has 1 atom stereocenters. The molecule has 3 rings (SSSR count). The highest BCUT2D eigenvalue weighted by molar-refractivity contribution is 5.09. The molecule has 4 heteroatoms. The van der Waals surface area contributed by atoms with E-state index in [2.05, 4.69) is 14.5 Å². The van der Waals surface area contributed by atoms with E-state index >= 15 is 0 Å². The fourth-order valence-electron chi connectivity index (χ4n) is 3.03. The Hall–Kier alpha value is -0.870. The molecule has 17 heavy (non-hydrogen) atoms. The van der Waals surface area contributed by atoms with E-state index < -0.39 is 0 Å². The Balaban J connectivity index is 1.68. The summed E-state index contributed by atoms with van der Waals surface area (Å²) in [5, 5.41) is 10.0. The smallest absolute Gasteiger partial charge is 0.132 e. The van der Waals surface area contributed by atoms with Crippen molar-refractivity contribution in [2.24, 2.45) is 0 Å². The van der Waals surface area contributed by atoms with Crippen LogP contribution in [0, 0.1) is 0 Å². The SMILES string of the molecule is OC1CCCc2cnc(CCN3CCCC3)n21. The normalized spacial score (nSPS) is 25.1. The van der Waals surface area contributed by atoms with Crippen molar-refractivity contribution in [2.45, 2.75) is 44.8 Å². The largest absolute Gasteiger partial charge is 0.373 e. The van der Waals surface area contributed by atoms with Crippen molar-refractivity contribution in [3.05, 3.63) is 17.7 Å². The van der Waals surface area contributed by atoms with Crippen LogP contribution in [-0.2, 0) is 12.8 Å². The first-order valence-corrected chi connectivity index (χ1v) is 6.80. The molecular weight excluding hydrogens is 214 g/mol. The number of rotatable bonds is 3. The van der Waals surface area contributed by atoms with E-state index in [0.717, 1.165) is 38.1 Å². The van der Waals surface area contributed by atoms with Crippen molar-refractivity contribution in [1.82, 2.24) is 14.5 Å². The van der Waals surface area contributed by atoms with E-state index in [1.54, 1.807) is 0 Å². The van der Waals surface area contributed by atoms with Crippen molar-refractivity contribution < 1.29 is 5.11 Å². The molecule has 4 nitrogen and oxygen atoms in total. The molecule has 1 saturated heterocycles. The molecule has 1 N–H and O–H groups in total. The molecule has 94 valence electrons. The molecule has 3 heterocycles. The second kappa shape index (κ2) is 4.78. The van der Waals surface area contributed by atoms with Gasteiger partial charge < -0.3 is 14.6 Å². The van der Waals surface area contributed by atoms with E-state index in [-0.39, 0.29) is 6.23 Å². The summed E-state index contributed by atoms with van der Waals surface area (Å²) in [7, 11) is 0. The minimum atomic E-state index is -0.338. The maximum atomic E-state index is 10.0. The fourth-order valence-corrected chi connectivity index (χ4v) is 3.03. The van der Waals surface area contributed by atoms with Crippen LogP contribution in [0.5, 0.6) is 0 Å².